The Labute approximate surface area is 78.0 Å². The van der Waals surface area contributed by atoms with E-state index in [4.69, 9.17) is 4.74 Å². The normalized spacial score (nSPS) is 25.2. The maximum absolute atomic E-state index is 11.5. The van der Waals surface area contributed by atoms with Gasteiger partial charge in [-0.2, -0.15) is 0 Å². The van der Waals surface area contributed by atoms with Crippen LogP contribution < -0.4 is 10.6 Å². The lowest BCUT2D eigenvalue weighted by Crippen LogP contribution is -2.53. The molecule has 2 heterocycles. The van der Waals surface area contributed by atoms with Crippen molar-refractivity contribution >= 4 is 5.91 Å². The zero-order valence-corrected chi connectivity index (χ0v) is 7.71. The molecule has 74 valence electrons. The first-order valence-electron chi connectivity index (χ1n) is 4.95. The van der Waals surface area contributed by atoms with E-state index in [0.29, 0.717) is 6.04 Å². The minimum absolute atomic E-state index is 0.211. The van der Waals surface area contributed by atoms with Crippen molar-refractivity contribution in [2.45, 2.75) is 18.9 Å². The fourth-order valence-corrected chi connectivity index (χ4v) is 1.64. The Hall–Kier alpha value is -0.610. The molecule has 2 aliphatic heterocycles. The lowest BCUT2D eigenvalue weighted by molar-refractivity contribution is -0.127. The van der Waals surface area contributed by atoms with Crippen LogP contribution in [0.25, 0.3) is 0 Å². The second-order valence-electron chi connectivity index (χ2n) is 3.75. The Balaban J connectivity index is 1.72. The van der Waals surface area contributed by atoms with Crippen LogP contribution >= 0.6 is 0 Å². The van der Waals surface area contributed by atoms with Crippen molar-refractivity contribution in [2.75, 3.05) is 26.3 Å². The second-order valence-corrected chi connectivity index (χ2v) is 3.75. The fraction of sp³-hybridized carbons (Fsp3) is 0.889. The Morgan fingerprint density at radius 2 is 2.00 bits per heavy atom. The van der Waals surface area contributed by atoms with Gasteiger partial charge in [-0.1, -0.05) is 0 Å². The van der Waals surface area contributed by atoms with E-state index >= 15 is 0 Å². The van der Waals surface area contributed by atoms with Crippen molar-refractivity contribution in [3.05, 3.63) is 0 Å². The van der Waals surface area contributed by atoms with E-state index in [9.17, 15) is 4.79 Å². The van der Waals surface area contributed by atoms with Gasteiger partial charge < -0.3 is 15.4 Å². The number of hydrogen-bond donors (Lipinski definition) is 2. The van der Waals surface area contributed by atoms with Gasteiger partial charge in [0.25, 0.3) is 0 Å². The first-order chi connectivity index (χ1) is 6.36. The van der Waals surface area contributed by atoms with Crippen molar-refractivity contribution in [1.82, 2.24) is 10.6 Å². The molecule has 0 aromatic carbocycles. The van der Waals surface area contributed by atoms with E-state index in [0.717, 1.165) is 39.1 Å². The zero-order chi connectivity index (χ0) is 9.10. The molecule has 4 nitrogen and oxygen atoms in total. The third-order valence-corrected chi connectivity index (χ3v) is 2.72. The summed E-state index contributed by atoms with van der Waals surface area (Å²) in [6.45, 7) is 3.26. The summed E-state index contributed by atoms with van der Waals surface area (Å²) < 4.78 is 5.22. The average molecular weight is 184 g/mol. The maximum atomic E-state index is 11.5. The standard InChI is InChI=1S/C9H16N2O2/c12-9(7-5-10-6-7)11-8-1-3-13-4-2-8/h7-8,10H,1-6H2,(H,11,12). The van der Waals surface area contributed by atoms with E-state index in [1.807, 2.05) is 0 Å². The quantitative estimate of drug-likeness (QED) is 0.608. The molecule has 0 saturated carbocycles. The molecular formula is C9H16N2O2. The van der Waals surface area contributed by atoms with Crippen LogP contribution in [0, 0.1) is 5.92 Å². The molecule has 0 atom stereocenters. The largest absolute Gasteiger partial charge is 0.381 e. The van der Waals surface area contributed by atoms with Gasteiger partial charge in [-0.3, -0.25) is 4.79 Å². The number of nitrogens with one attached hydrogen (secondary N) is 2. The van der Waals surface area contributed by atoms with Gasteiger partial charge in [-0.15, -0.1) is 0 Å². The van der Waals surface area contributed by atoms with E-state index < -0.39 is 0 Å². The molecule has 0 unspecified atom stereocenters. The van der Waals surface area contributed by atoms with E-state index in [2.05, 4.69) is 10.6 Å². The number of ether oxygens (including phenoxy) is 1. The summed E-state index contributed by atoms with van der Waals surface area (Å²) in [5, 5.41) is 6.16. The molecule has 0 aliphatic carbocycles. The van der Waals surface area contributed by atoms with E-state index in [1.54, 1.807) is 0 Å². The van der Waals surface area contributed by atoms with Crippen LogP contribution in [0.4, 0.5) is 0 Å². The van der Waals surface area contributed by atoms with Gasteiger partial charge in [0.1, 0.15) is 0 Å². The Bertz CT molecular complexity index is 186. The third-order valence-electron chi connectivity index (χ3n) is 2.72. The number of carbonyl (C=O) groups is 1. The van der Waals surface area contributed by atoms with E-state index in [-0.39, 0.29) is 11.8 Å². The summed E-state index contributed by atoms with van der Waals surface area (Å²) in [7, 11) is 0. The van der Waals surface area contributed by atoms with Crippen LogP contribution in [0.15, 0.2) is 0 Å². The Morgan fingerprint density at radius 3 is 2.54 bits per heavy atom. The molecule has 0 bridgehead atoms. The van der Waals surface area contributed by atoms with Crippen LogP contribution in [-0.4, -0.2) is 38.3 Å². The van der Waals surface area contributed by atoms with E-state index in [1.165, 1.54) is 0 Å². The molecule has 2 fully saturated rings. The SMILES string of the molecule is O=C(NC1CCOCC1)C1CNC1. The van der Waals surface area contributed by atoms with Gasteiger partial charge in [-0.25, -0.2) is 0 Å². The van der Waals surface area contributed by atoms with Gasteiger partial charge in [0, 0.05) is 32.3 Å². The third kappa shape index (κ3) is 2.19. The fourth-order valence-electron chi connectivity index (χ4n) is 1.64. The molecule has 2 saturated heterocycles. The summed E-state index contributed by atoms with van der Waals surface area (Å²) in [4.78, 5) is 11.5. The summed E-state index contributed by atoms with van der Waals surface area (Å²) >= 11 is 0. The monoisotopic (exact) mass is 184 g/mol. The molecule has 1 amide bonds. The summed E-state index contributed by atoms with van der Waals surface area (Å²) in [5.41, 5.74) is 0. The van der Waals surface area contributed by atoms with Crippen LogP contribution in [0.3, 0.4) is 0 Å². The molecular weight excluding hydrogens is 168 g/mol. The number of carbonyl (C=O) groups excluding carboxylic acids is 1. The minimum atomic E-state index is 0.211. The predicted molar refractivity (Wildman–Crippen MR) is 48.3 cm³/mol. The highest BCUT2D eigenvalue weighted by Gasteiger charge is 2.26. The molecule has 2 rings (SSSR count). The molecule has 0 aromatic rings. The highest BCUT2D eigenvalue weighted by atomic mass is 16.5. The molecule has 0 spiro atoms. The van der Waals surface area contributed by atoms with Gasteiger partial charge in [0.15, 0.2) is 0 Å². The lowest BCUT2D eigenvalue weighted by Gasteiger charge is -2.29. The molecule has 0 radical (unpaired) electrons. The topological polar surface area (TPSA) is 50.4 Å². The smallest absolute Gasteiger partial charge is 0.225 e. The lowest BCUT2D eigenvalue weighted by atomic mass is 10.0. The van der Waals surface area contributed by atoms with Crippen molar-refractivity contribution in [3.8, 4) is 0 Å². The summed E-state index contributed by atoms with van der Waals surface area (Å²) in [6, 6.07) is 0.349. The van der Waals surface area contributed by atoms with Gasteiger partial charge in [-0.05, 0) is 12.8 Å². The number of rotatable bonds is 2. The summed E-state index contributed by atoms with van der Waals surface area (Å²) in [5.74, 6) is 0.425. The van der Waals surface area contributed by atoms with Crippen molar-refractivity contribution in [3.63, 3.8) is 0 Å². The first-order valence-corrected chi connectivity index (χ1v) is 4.95. The maximum Gasteiger partial charge on any atom is 0.225 e. The highest BCUT2D eigenvalue weighted by molar-refractivity contribution is 5.80. The summed E-state index contributed by atoms with van der Waals surface area (Å²) in [6.07, 6.45) is 1.93. The van der Waals surface area contributed by atoms with Crippen LogP contribution in [0.5, 0.6) is 0 Å². The second kappa shape index (κ2) is 4.07. The van der Waals surface area contributed by atoms with Crippen molar-refractivity contribution in [1.29, 1.82) is 0 Å². The van der Waals surface area contributed by atoms with Crippen molar-refractivity contribution in [2.24, 2.45) is 5.92 Å². The average Bonchev–Trinajstić information content (AvgIpc) is 2.02. The Kier molecular flexibility index (Phi) is 2.80. The predicted octanol–water partition coefficient (Wildman–Crippen LogP) is -0.499. The Morgan fingerprint density at radius 1 is 1.31 bits per heavy atom. The molecule has 2 N–H and O–H groups in total. The highest BCUT2D eigenvalue weighted by Crippen LogP contribution is 2.09. The molecule has 0 aromatic heterocycles. The number of hydrogen-bond acceptors (Lipinski definition) is 3. The van der Waals surface area contributed by atoms with Gasteiger partial charge >= 0.3 is 0 Å². The van der Waals surface area contributed by atoms with Crippen LogP contribution in [0.2, 0.25) is 0 Å². The minimum Gasteiger partial charge on any atom is -0.381 e. The zero-order valence-electron chi connectivity index (χ0n) is 7.71. The first kappa shape index (κ1) is 8.97. The molecule has 2 aliphatic rings. The molecule has 4 heteroatoms. The van der Waals surface area contributed by atoms with Gasteiger partial charge in [0.05, 0.1) is 5.92 Å². The van der Waals surface area contributed by atoms with Crippen LogP contribution in [0.1, 0.15) is 12.8 Å². The van der Waals surface area contributed by atoms with Gasteiger partial charge in [0.2, 0.25) is 5.91 Å². The van der Waals surface area contributed by atoms with Crippen LogP contribution in [-0.2, 0) is 9.53 Å². The molecule has 13 heavy (non-hydrogen) atoms. The number of amides is 1. The van der Waals surface area contributed by atoms with Crippen molar-refractivity contribution < 1.29 is 9.53 Å².